The van der Waals surface area contributed by atoms with E-state index in [1.165, 1.54) is 24.3 Å². The van der Waals surface area contributed by atoms with Crippen molar-refractivity contribution in [2.75, 3.05) is 10.2 Å². The summed E-state index contributed by atoms with van der Waals surface area (Å²) < 4.78 is 0. The number of carbonyl (C=O) groups is 2. The van der Waals surface area contributed by atoms with Crippen molar-refractivity contribution >= 4 is 58.0 Å². The maximum Gasteiger partial charge on any atom is 0.283 e. The number of phenols is 1. The number of hydrogen-bond acceptors (Lipinski definition) is 4. The molecule has 1 aliphatic rings. The van der Waals surface area contributed by atoms with Gasteiger partial charge in [-0.2, -0.15) is 0 Å². The van der Waals surface area contributed by atoms with Crippen molar-refractivity contribution in [3.05, 3.63) is 63.2 Å². The summed E-state index contributed by atoms with van der Waals surface area (Å²) in [7, 11) is 0. The van der Waals surface area contributed by atoms with E-state index in [1.54, 1.807) is 18.2 Å². The van der Waals surface area contributed by atoms with Gasteiger partial charge in [0, 0.05) is 10.0 Å². The second kappa shape index (κ2) is 6.36. The van der Waals surface area contributed by atoms with Crippen LogP contribution in [0.25, 0.3) is 0 Å². The Labute approximate surface area is 152 Å². The number of benzene rings is 2. The molecular formula is C16H9Cl3N2O3. The Balaban J connectivity index is 1.96. The SMILES string of the molecule is O=C1C(Cl)=C(Nc2cc(Cl)ccc2O)C(=O)N1c1cccc(Cl)c1. The maximum atomic E-state index is 12.6. The van der Waals surface area contributed by atoms with E-state index in [4.69, 9.17) is 34.8 Å². The number of nitrogens with zero attached hydrogens (tertiary/aromatic N) is 1. The van der Waals surface area contributed by atoms with Gasteiger partial charge in [0.25, 0.3) is 11.8 Å². The Morgan fingerprint density at radius 1 is 0.917 bits per heavy atom. The minimum atomic E-state index is -0.687. The van der Waals surface area contributed by atoms with Gasteiger partial charge in [0.2, 0.25) is 0 Å². The Morgan fingerprint density at radius 3 is 2.33 bits per heavy atom. The molecule has 0 unspecified atom stereocenters. The van der Waals surface area contributed by atoms with Crippen LogP contribution in [0.1, 0.15) is 0 Å². The highest BCUT2D eigenvalue weighted by Crippen LogP contribution is 2.34. The van der Waals surface area contributed by atoms with E-state index in [-0.39, 0.29) is 22.2 Å². The van der Waals surface area contributed by atoms with Gasteiger partial charge in [-0.25, -0.2) is 4.90 Å². The number of phenolic OH excluding ortho intramolecular Hbond substituents is 1. The molecule has 24 heavy (non-hydrogen) atoms. The zero-order chi connectivity index (χ0) is 17.4. The van der Waals surface area contributed by atoms with Gasteiger partial charge in [-0.3, -0.25) is 9.59 Å². The van der Waals surface area contributed by atoms with Gasteiger partial charge >= 0.3 is 0 Å². The van der Waals surface area contributed by atoms with Gasteiger partial charge in [-0.1, -0.05) is 40.9 Å². The van der Waals surface area contributed by atoms with Crippen molar-refractivity contribution in [1.29, 1.82) is 0 Å². The van der Waals surface area contributed by atoms with Gasteiger partial charge in [0.1, 0.15) is 16.5 Å². The summed E-state index contributed by atoms with van der Waals surface area (Å²) in [5, 5.41) is 12.9. The third-order valence-electron chi connectivity index (χ3n) is 3.31. The lowest BCUT2D eigenvalue weighted by Crippen LogP contribution is -2.32. The maximum absolute atomic E-state index is 12.6. The fraction of sp³-hybridized carbons (Fsp3) is 0. The predicted molar refractivity (Wildman–Crippen MR) is 93.6 cm³/mol. The Morgan fingerprint density at radius 2 is 1.62 bits per heavy atom. The largest absolute Gasteiger partial charge is 0.506 e. The summed E-state index contributed by atoms with van der Waals surface area (Å²) in [6, 6.07) is 10.5. The quantitative estimate of drug-likeness (QED) is 0.617. The van der Waals surface area contributed by atoms with E-state index in [2.05, 4.69) is 5.32 Å². The molecule has 0 fully saturated rings. The zero-order valence-corrected chi connectivity index (χ0v) is 14.2. The normalized spacial score (nSPS) is 14.5. The van der Waals surface area contributed by atoms with Crippen molar-refractivity contribution in [3.63, 3.8) is 0 Å². The van der Waals surface area contributed by atoms with Crippen LogP contribution >= 0.6 is 34.8 Å². The molecule has 0 radical (unpaired) electrons. The van der Waals surface area contributed by atoms with Gasteiger partial charge in [0.05, 0.1) is 11.4 Å². The average Bonchev–Trinajstić information content (AvgIpc) is 2.74. The molecule has 0 bridgehead atoms. The molecule has 2 N–H and O–H groups in total. The molecule has 1 heterocycles. The third kappa shape index (κ3) is 2.94. The van der Waals surface area contributed by atoms with Crippen molar-refractivity contribution in [2.24, 2.45) is 0 Å². The summed E-state index contributed by atoms with van der Waals surface area (Å²) in [4.78, 5) is 25.8. The minimum absolute atomic E-state index is 0.141. The first-order valence-corrected chi connectivity index (χ1v) is 7.81. The molecule has 2 aromatic rings. The van der Waals surface area contributed by atoms with Crippen LogP contribution in [0.3, 0.4) is 0 Å². The van der Waals surface area contributed by atoms with Crippen LogP contribution in [0, 0.1) is 0 Å². The molecule has 0 saturated heterocycles. The second-order valence-electron chi connectivity index (χ2n) is 4.90. The van der Waals surface area contributed by atoms with Crippen LogP contribution in [0.15, 0.2) is 53.2 Å². The zero-order valence-electron chi connectivity index (χ0n) is 11.9. The van der Waals surface area contributed by atoms with Crippen LogP contribution in [0.5, 0.6) is 5.75 Å². The van der Waals surface area contributed by atoms with E-state index >= 15 is 0 Å². The highest BCUT2D eigenvalue weighted by Gasteiger charge is 2.39. The van der Waals surface area contributed by atoms with Crippen LogP contribution in [0.2, 0.25) is 10.0 Å². The van der Waals surface area contributed by atoms with Gasteiger partial charge in [0.15, 0.2) is 0 Å². The van der Waals surface area contributed by atoms with E-state index < -0.39 is 11.8 Å². The minimum Gasteiger partial charge on any atom is -0.506 e. The molecule has 2 amide bonds. The van der Waals surface area contributed by atoms with Gasteiger partial charge < -0.3 is 10.4 Å². The van der Waals surface area contributed by atoms with Crippen molar-refractivity contribution in [1.82, 2.24) is 0 Å². The smallest absolute Gasteiger partial charge is 0.283 e. The van der Waals surface area contributed by atoms with Crippen molar-refractivity contribution < 1.29 is 14.7 Å². The predicted octanol–water partition coefficient (Wildman–Crippen LogP) is 4.13. The number of nitrogens with one attached hydrogen (secondary N) is 1. The second-order valence-corrected chi connectivity index (χ2v) is 6.15. The Kier molecular flexibility index (Phi) is 4.41. The molecule has 0 aliphatic carbocycles. The number of halogens is 3. The van der Waals surface area contributed by atoms with Gasteiger partial charge in [-0.05, 0) is 36.4 Å². The van der Waals surface area contributed by atoms with Crippen molar-refractivity contribution in [2.45, 2.75) is 0 Å². The molecule has 2 aromatic carbocycles. The molecule has 0 saturated carbocycles. The third-order valence-corrected chi connectivity index (χ3v) is 4.13. The Bertz CT molecular complexity index is 896. The standard InChI is InChI=1S/C16H9Cl3N2O3/c17-8-2-1-3-10(6-8)21-15(23)13(19)14(16(21)24)20-11-7-9(18)4-5-12(11)22/h1-7,20,22H. The summed E-state index contributed by atoms with van der Waals surface area (Å²) in [6.45, 7) is 0. The summed E-state index contributed by atoms with van der Waals surface area (Å²) >= 11 is 17.8. The highest BCUT2D eigenvalue weighted by atomic mass is 35.5. The number of hydrogen-bond donors (Lipinski definition) is 2. The molecule has 8 heteroatoms. The first kappa shape index (κ1) is 16.6. The summed E-state index contributed by atoms with van der Waals surface area (Å²) in [6.07, 6.45) is 0. The molecule has 5 nitrogen and oxygen atoms in total. The van der Waals surface area contributed by atoms with Crippen molar-refractivity contribution in [3.8, 4) is 5.75 Å². The molecule has 3 rings (SSSR count). The molecule has 0 aromatic heterocycles. The van der Waals surface area contributed by atoms with E-state index in [0.29, 0.717) is 15.7 Å². The van der Waals surface area contributed by atoms with Crippen LogP contribution in [-0.2, 0) is 9.59 Å². The van der Waals surface area contributed by atoms with E-state index in [1.807, 2.05) is 0 Å². The van der Waals surface area contributed by atoms with Crippen LogP contribution < -0.4 is 10.2 Å². The monoisotopic (exact) mass is 382 g/mol. The molecule has 122 valence electrons. The lowest BCUT2D eigenvalue weighted by atomic mass is 10.2. The number of aromatic hydroxyl groups is 1. The average molecular weight is 384 g/mol. The highest BCUT2D eigenvalue weighted by molar-refractivity contribution is 6.53. The number of anilines is 2. The van der Waals surface area contributed by atoms with E-state index in [0.717, 1.165) is 4.90 Å². The number of carbonyl (C=O) groups excluding carboxylic acids is 2. The Hall–Kier alpha value is -2.21. The molecular weight excluding hydrogens is 375 g/mol. The lowest BCUT2D eigenvalue weighted by molar-refractivity contribution is -0.120. The first-order chi connectivity index (χ1) is 11.4. The number of imide groups is 1. The summed E-state index contributed by atoms with van der Waals surface area (Å²) in [5.74, 6) is -1.49. The van der Waals surface area contributed by atoms with Crippen LogP contribution in [-0.4, -0.2) is 16.9 Å². The molecule has 0 atom stereocenters. The number of amides is 2. The summed E-state index contributed by atoms with van der Waals surface area (Å²) in [5.41, 5.74) is 0.298. The van der Waals surface area contributed by atoms with Gasteiger partial charge in [-0.15, -0.1) is 0 Å². The first-order valence-electron chi connectivity index (χ1n) is 6.68. The molecule has 1 aliphatic heterocycles. The lowest BCUT2D eigenvalue weighted by Gasteiger charge is -2.15. The fourth-order valence-electron chi connectivity index (χ4n) is 2.20. The number of rotatable bonds is 3. The van der Waals surface area contributed by atoms with E-state index in [9.17, 15) is 14.7 Å². The molecule has 0 spiro atoms. The topological polar surface area (TPSA) is 69.6 Å². The van der Waals surface area contributed by atoms with Crippen LogP contribution in [0.4, 0.5) is 11.4 Å². The fourth-order valence-corrected chi connectivity index (χ4v) is 2.77.